The number of amides is 1. The fourth-order valence-corrected chi connectivity index (χ4v) is 2.96. The molecule has 1 aliphatic rings. The average molecular weight is 268 g/mol. The molecule has 1 saturated heterocycles. The highest BCUT2D eigenvalue weighted by molar-refractivity contribution is 7.11. The first kappa shape index (κ1) is 13.5. The third kappa shape index (κ3) is 3.31. The van der Waals surface area contributed by atoms with Gasteiger partial charge in [0.2, 0.25) is 5.91 Å². The van der Waals surface area contributed by atoms with E-state index in [1.165, 1.54) is 9.75 Å². The Hall–Kier alpha value is -0.910. The van der Waals surface area contributed by atoms with Crippen LogP contribution >= 0.6 is 11.3 Å². The van der Waals surface area contributed by atoms with Crippen LogP contribution in [0.1, 0.15) is 29.5 Å². The maximum Gasteiger partial charge on any atom is 0.249 e. The highest BCUT2D eigenvalue weighted by atomic mass is 32.1. The summed E-state index contributed by atoms with van der Waals surface area (Å²) in [7, 11) is 0. The van der Waals surface area contributed by atoms with Crippen molar-refractivity contribution >= 4 is 17.2 Å². The van der Waals surface area contributed by atoms with Crippen LogP contribution in [0.2, 0.25) is 0 Å². The van der Waals surface area contributed by atoms with Crippen molar-refractivity contribution in [3.63, 3.8) is 0 Å². The van der Waals surface area contributed by atoms with Crippen molar-refractivity contribution in [2.45, 2.75) is 44.9 Å². The second-order valence-electron chi connectivity index (χ2n) is 4.50. The summed E-state index contributed by atoms with van der Waals surface area (Å²) < 4.78 is 5.55. The Bertz CT molecular complexity index is 405. The molecule has 1 amide bonds. The molecule has 0 saturated carbocycles. The van der Waals surface area contributed by atoms with Gasteiger partial charge in [-0.2, -0.15) is 0 Å². The SMILES string of the molecule is CCc1ccc(CNC(=O)[C@@H]2CC[C@H](CN)O2)s1. The van der Waals surface area contributed by atoms with Gasteiger partial charge in [0.05, 0.1) is 12.6 Å². The molecule has 3 N–H and O–H groups in total. The largest absolute Gasteiger partial charge is 0.364 e. The van der Waals surface area contributed by atoms with Gasteiger partial charge in [-0.15, -0.1) is 11.3 Å². The van der Waals surface area contributed by atoms with Gasteiger partial charge in [0, 0.05) is 16.3 Å². The van der Waals surface area contributed by atoms with Gasteiger partial charge in [-0.25, -0.2) is 0 Å². The van der Waals surface area contributed by atoms with Crippen LogP contribution in [0, 0.1) is 0 Å². The first-order valence-corrected chi connectivity index (χ1v) is 7.25. The number of nitrogens with two attached hydrogens (primary N) is 1. The molecule has 0 aromatic carbocycles. The van der Waals surface area contributed by atoms with Gasteiger partial charge in [0.1, 0.15) is 6.10 Å². The van der Waals surface area contributed by atoms with Crippen molar-refractivity contribution in [1.82, 2.24) is 5.32 Å². The number of hydrogen-bond donors (Lipinski definition) is 2. The number of ether oxygens (including phenoxy) is 1. The fourth-order valence-electron chi connectivity index (χ4n) is 2.07. The molecule has 5 heteroatoms. The van der Waals surface area contributed by atoms with Crippen LogP contribution in [0.4, 0.5) is 0 Å². The Balaban J connectivity index is 1.78. The zero-order valence-electron chi connectivity index (χ0n) is 10.6. The molecular weight excluding hydrogens is 248 g/mol. The average Bonchev–Trinajstić information content (AvgIpc) is 3.04. The third-order valence-electron chi connectivity index (χ3n) is 3.17. The summed E-state index contributed by atoms with van der Waals surface area (Å²) in [5.41, 5.74) is 5.52. The summed E-state index contributed by atoms with van der Waals surface area (Å²) in [6.07, 6.45) is 2.44. The fraction of sp³-hybridized carbons (Fsp3) is 0.615. The molecular formula is C13H20N2O2S. The Kier molecular flexibility index (Phi) is 4.74. The maximum atomic E-state index is 11.9. The van der Waals surface area contributed by atoms with Crippen molar-refractivity contribution in [2.75, 3.05) is 6.54 Å². The van der Waals surface area contributed by atoms with E-state index < -0.39 is 0 Å². The molecule has 0 radical (unpaired) electrons. The number of aryl methyl sites for hydroxylation is 1. The maximum absolute atomic E-state index is 11.9. The lowest BCUT2D eigenvalue weighted by atomic mass is 10.2. The lowest BCUT2D eigenvalue weighted by Gasteiger charge is -2.12. The minimum absolute atomic E-state index is 0.0163. The molecule has 1 fully saturated rings. The molecule has 0 bridgehead atoms. The molecule has 100 valence electrons. The van der Waals surface area contributed by atoms with Crippen molar-refractivity contribution in [3.8, 4) is 0 Å². The normalized spacial score (nSPS) is 23.2. The van der Waals surface area contributed by atoms with Gasteiger partial charge in [-0.1, -0.05) is 6.92 Å². The number of rotatable bonds is 5. The molecule has 0 spiro atoms. The number of hydrogen-bond acceptors (Lipinski definition) is 4. The van der Waals surface area contributed by atoms with E-state index in [9.17, 15) is 4.79 Å². The molecule has 2 atom stereocenters. The summed E-state index contributed by atoms with van der Waals surface area (Å²) in [6.45, 7) is 3.22. The van der Waals surface area contributed by atoms with Crippen molar-refractivity contribution in [3.05, 3.63) is 21.9 Å². The molecule has 0 unspecified atom stereocenters. The Morgan fingerprint density at radius 2 is 2.28 bits per heavy atom. The summed E-state index contributed by atoms with van der Waals surface area (Å²) in [4.78, 5) is 14.4. The number of carbonyl (C=O) groups excluding carboxylic acids is 1. The molecule has 4 nitrogen and oxygen atoms in total. The van der Waals surface area contributed by atoms with Gasteiger partial charge in [-0.05, 0) is 31.4 Å². The molecule has 1 aliphatic heterocycles. The van der Waals surface area contributed by atoms with E-state index in [1.807, 2.05) is 0 Å². The van der Waals surface area contributed by atoms with Crippen LogP contribution in [0.25, 0.3) is 0 Å². The molecule has 0 aliphatic carbocycles. The van der Waals surface area contributed by atoms with Crippen LogP contribution in [0.15, 0.2) is 12.1 Å². The van der Waals surface area contributed by atoms with Crippen LogP contribution in [-0.4, -0.2) is 24.7 Å². The van der Waals surface area contributed by atoms with Crippen LogP contribution < -0.4 is 11.1 Å². The molecule has 2 rings (SSSR count). The minimum atomic E-state index is -0.316. The summed E-state index contributed by atoms with van der Waals surface area (Å²) in [6, 6.07) is 4.19. The van der Waals surface area contributed by atoms with E-state index in [1.54, 1.807) is 11.3 Å². The monoisotopic (exact) mass is 268 g/mol. The van der Waals surface area contributed by atoms with Gasteiger partial charge in [-0.3, -0.25) is 4.79 Å². The van der Waals surface area contributed by atoms with Crippen molar-refractivity contribution < 1.29 is 9.53 Å². The summed E-state index contributed by atoms with van der Waals surface area (Å²) in [5, 5.41) is 2.93. The van der Waals surface area contributed by atoms with Crippen LogP contribution in [0.5, 0.6) is 0 Å². The number of thiophene rings is 1. The zero-order chi connectivity index (χ0) is 13.0. The second kappa shape index (κ2) is 6.31. The van der Waals surface area contributed by atoms with Gasteiger partial charge < -0.3 is 15.8 Å². The smallest absolute Gasteiger partial charge is 0.249 e. The van der Waals surface area contributed by atoms with E-state index in [0.717, 1.165) is 19.3 Å². The van der Waals surface area contributed by atoms with Gasteiger partial charge >= 0.3 is 0 Å². The molecule has 18 heavy (non-hydrogen) atoms. The van der Waals surface area contributed by atoms with Gasteiger partial charge in [0.15, 0.2) is 0 Å². The third-order valence-corrected chi connectivity index (χ3v) is 4.40. The lowest BCUT2D eigenvalue weighted by Crippen LogP contribution is -2.34. The summed E-state index contributed by atoms with van der Waals surface area (Å²) in [5.74, 6) is -0.0163. The Morgan fingerprint density at radius 3 is 2.89 bits per heavy atom. The quantitative estimate of drug-likeness (QED) is 0.849. The van der Waals surface area contributed by atoms with E-state index >= 15 is 0 Å². The lowest BCUT2D eigenvalue weighted by molar-refractivity contribution is -0.132. The Morgan fingerprint density at radius 1 is 1.50 bits per heavy atom. The standard InChI is InChI=1S/C13H20N2O2S/c1-2-10-4-5-11(18-10)8-15-13(16)12-6-3-9(7-14)17-12/h4-5,9,12H,2-3,6-8,14H2,1H3,(H,15,16)/t9-,12+/m1/s1. The first-order valence-electron chi connectivity index (χ1n) is 6.43. The van der Waals surface area contributed by atoms with E-state index in [2.05, 4.69) is 24.4 Å². The second-order valence-corrected chi connectivity index (χ2v) is 5.75. The minimum Gasteiger partial charge on any atom is -0.364 e. The molecule has 1 aromatic heterocycles. The predicted octanol–water partition coefficient (Wildman–Crippen LogP) is 1.43. The molecule has 1 aromatic rings. The predicted molar refractivity (Wildman–Crippen MR) is 72.5 cm³/mol. The van der Waals surface area contributed by atoms with Gasteiger partial charge in [0.25, 0.3) is 0 Å². The number of carbonyl (C=O) groups is 1. The van der Waals surface area contributed by atoms with E-state index in [4.69, 9.17) is 10.5 Å². The molecule has 2 heterocycles. The first-order chi connectivity index (χ1) is 8.72. The summed E-state index contributed by atoms with van der Waals surface area (Å²) >= 11 is 1.75. The van der Waals surface area contributed by atoms with Crippen molar-refractivity contribution in [1.29, 1.82) is 0 Å². The van der Waals surface area contributed by atoms with Crippen molar-refractivity contribution in [2.24, 2.45) is 5.73 Å². The zero-order valence-corrected chi connectivity index (χ0v) is 11.5. The van der Waals surface area contributed by atoms with Crippen LogP contribution in [-0.2, 0) is 22.5 Å². The van der Waals surface area contributed by atoms with E-state index in [-0.39, 0.29) is 18.1 Å². The van der Waals surface area contributed by atoms with Crippen LogP contribution in [0.3, 0.4) is 0 Å². The number of nitrogens with one attached hydrogen (secondary N) is 1. The highest BCUT2D eigenvalue weighted by Crippen LogP contribution is 2.20. The Labute approximate surface area is 112 Å². The van der Waals surface area contributed by atoms with E-state index in [0.29, 0.717) is 13.1 Å². The highest BCUT2D eigenvalue weighted by Gasteiger charge is 2.29. The topological polar surface area (TPSA) is 64.4 Å².